The Hall–Kier alpha value is -2.49. The molecular weight excluding hydrogens is 368 g/mol. The van der Waals surface area contributed by atoms with Crippen LogP contribution in [0.3, 0.4) is 0 Å². The Morgan fingerprint density at radius 3 is 2.36 bits per heavy atom. The maximum Gasteiger partial charge on any atom is 0.234 e. The Bertz CT molecular complexity index is 806. The molecule has 2 aromatic rings. The highest BCUT2D eigenvalue weighted by molar-refractivity contribution is 7.99. The number of nitriles is 1. The molecule has 0 aliphatic carbocycles. The molecule has 0 aromatic heterocycles. The Morgan fingerprint density at radius 2 is 1.75 bits per heavy atom. The minimum absolute atomic E-state index is 0.00274. The van der Waals surface area contributed by atoms with Crippen LogP contribution in [0.2, 0.25) is 0 Å². The summed E-state index contributed by atoms with van der Waals surface area (Å²) in [6.07, 6.45) is 0. The summed E-state index contributed by atoms with van der Waals surface area (Å²) in [4.78, 5) is 17.0. The molecule has 6 heteroatoms. The SMILES string of the molecule is CCN1CCN(c2ccc(NC(=O)CSCc3ccc(C#N)cc3)cc2)CC1. The lowest BCUT2D eigenvalue weighted by molar-refractivity contribution is -0.113. The van der Waals surface area contributed by atoms with Crippen molar-refractivity contribution in [1.29, 1.82) is 5.26 Å². The monoisotopic (exact) mass is 394 g/mol. The number of hydrogen-bond donors (Lipinski definition) is 1. The van der Waals surface area contributed by atoms with E-state index in [1.165, 1.54) is 5.69 Å². The summed E-state index contributed by atoms with van der Waals surface area (Å²) in [6, 6.07) is 17.7. The lowest BCUT2D eigenvalue weighted by atomic mass is 10.2. The zero-order chi connectivity index (χ0) is 19.8. The zero-order valence-corrected chi connectivity index (χ0v) is 17.0. The molecule has 0 unspecified atom stereocenters. The predicted octanol–water partition coefficient (Wildman–Crippen LogP) is 3.57. The van der Waals surface area contributed by atoms with Gasteiger partial charge in [-0.2, -0.15) is 5.26 Å². The second kappa shape index (κ2) is 10.2. The Kier molecular flexibility index (Phi) is 7.35. The number of nitrogens with one attached hydrogen (secondary N) is 1. The average Bonchev–Trinajstić information content (AvgIpc) is 2.75. The van der Waals surface area contributed by atoms with Gasteiger partial charge < -0.3 is 15.1 Å². The van der Waals surface area contributed by atoms with Gasteiger partial charge in [-0.3, -0.25) is 4.79 Å². The van der Waals surface area contributed by atoms with Gasteiger partial charge in [-0.15, -0.1) is 11.8 Å². The van der Waals surface area contributed by atoms with Crippen LogP contribution in [-0.4, -0.2) is 49.3 Å². The molecule has 1 heterocycles. The zero-order valence-electron chi connectivity index (χ0n) is 16.2. The second-order valence-electron chi connectivity index (χ2n) is 6.82. The summed E-state index contributed by atoms with van der Waals surface area (Å²) in [7, 11) is 0. The molecule has 1 fully saturated rings. The molecule has 146 valence electrons. The van der Waals surface area contributed by atoms with Crippen LogP contribution in [0.1, 0.15) is 18.1 Å². The summed E-state index contributed by atoms with van der Waals surface area (Å²) >= 11 is 1.57. The molecule has 0 radical (unpaired) electrons. The molecular formula is C22H26N4OS. The number of piperazine rings is 1. The molecule has 1 amide bonds. The van der Waals surface area contributed by atoms with Crippen molar-refractivity contribution < 1.29 is 4.79 Å². The first-order valence-corrected chi connectivity index (χ1v) is 10.8. The fourth-order valence-electron chi connectivity index (χ4n) is 3.21. The number of benzene rings is 2. The number of rotatable bonds is 7. The van der Waals surface area contributed by atoms with Gasteiger partial charge in [-0.1, -0.05) is 19.1 Å². The maximum atomic E-state index is 12.2. The van der Waals surface area contributed by atoms with Gasteiger partial charge in [0.15, 0.2) is 0 Å². The fraction of sp³-hybridized carbons (Fsp3) is 0.364. The van der Waals surface area contributed by atoms with Crippen LogP contribution < -0.4 is 10.2 Å². The van der Waals surface area contributed by atoms with Crippen molar-refractivity contribution >= 4 is 29.0 Å². The highest BCUT2D eigenvalue weighted by Gasteiger charge is 2.15. The van der Waals surface area contributed by atoms with E-state index in [9.17, 15) is 4.79 Å². The minimum Gasteiger partial charge on any atom is -0.369 e. The lowest BCUT2D eigenvalue weighted by Gasteiger charge is -2.35. The Labute approximate surface area is 171 Å². The van der Waals surface area contributed by atoms with E-state index in [4.69, 9.17) is 5.26 Å². The molecule has 0 bridgehead atoms. The summed E-state index contributed by atoms with van der Waals surface area (Å²) in [5.74, 6) is 1.16. The Morgan fingerprint density at radius 1 is 1.07 bits per heavy atom. The number of carbonyl (C=O) groups is 1. The van der Waals surface area contributed by atoms with Crippen molar-refractivity contribution in [3.05, 3.63) is 59.7 Å². The first-order valence-electron chi connectivity index (χ1n) is 9.62. The smallest absolute Gasteiger partial charge is 0.234 e. The van der Waals surface area contributed by atoms with E-state index in [-0.39, 0.29) is 5.91 Å². The summed E-state index contributed by atoms with van der Waals surface area (Å²) in [5.41, 5.74) is 3.82. The van der Waals surface area contributed by atoms with Crippen LogP contribution in [0.25, 0.3) is 0 Å². The molecule has 0 saturated carbocycles. The molecule has 0 spiro atoms. The van der Waals surface area contributed by atoms with Crippen LogP contribution in [0.4, 0.5) is 11.4 Å². The molecule has 2 aromatic carbocycles. The van der Waals surface area contributed by atoms with Crippen LogP contribution in [0, 0.1) is 11.3 Å². The van der Waals surface area contributed by atoms with Gasteiger partial charge in [-0.05, 0) is 48.5 Å². The van der Waals surface area contributed by atoms with Gasteiger partial charge in [0.2, 0.25) is 5.91 Å². The van der Waals surface area contributed by atoms with E-state index in [0.717, 1.165) is 49.7 Å². The first-order chi connectivity index (χ1) is 13.7. The largest absolute Gasteiger partial charge is 0.369 e. The highest BCUT2D eigenvalue weighted by atomic mass is 32.2. The number of likely N-dealkylation sites (N-methyl/N-ethyl adjacent to an activating group) is 1. The molecule has 0 atom stereocenters. The van der Waals surface area contributed by atoms with Crippen LogP contribution in [0.5, 0.6) is 0 Å². The molecule has 3 rings (SSSR count). The number of hydrogen-bond acceptors (Lipinski definition) is 5. The number of anilines is 2. The quantitative estimate of drug-likeness (QED) is 0.778. The third-order valence-electron chi connectivity index (χ3n) is 4.92. The molecule has 1 N–H and O–H groups in total. The highest BCUT2D eigenvalue weighted by Crippen LogP contribution is 2.20. The van der Waals surface area contributed by atoms with Gasteiger partial charge in [-0.25, -0.2) is 0 Å². The van der Waals surface area contributed by atoms with Crippen molar-refractivity contribution in [2.75, 3.05) is 48.7 Å². The van der Waals surface area contributed by atoms with Crippen molar-refractivity contribution in [2.24, 2.45) is 0 Å². The van der Waals surface area contributed by atoms with Gasteiger partial charge in [0.05, 0.1) is 17.4 Å². The van der Waals surface area contributed by atoms with Crippen molar-refractivity contribution in [3.63, 3.8) is 0 Å². The second-order valence-corrected chi connectivity index (χ2v) is 7.80. The van der Waals surface area contributed by atoms with Crippen LogP contribution in [-0.2, 0) is 10.5 Å². The van der Waals surface area contributed by atoms with Crippen molar-refractivity contribution in [3.8, 4) is 6.07 Å². The van der Waals surface area contributed by atoms with E-state index in [1.807, 2.05) is 24.3 Å². The van der Waals surface area contributed by atoms with E-state index < -0.39 is 0 Å². The molecule has 1 aliphatic rings. The third kappa shape index (κ3) is 5.75. The number of thioether (sulfide) groups is 1. The average molecular weight is 395 g/mol. The summed E-state index contributed by atoms with van der Waals surface area (Å²) in [6.45, 7) is 7.62. The number of carbonyl (C=O) groups excluding carboxylic acids is 1. The minimum atomic E-state index is 0.00274. The Balaban J connectivity index is 1.42. The van der Waals surface area contributed by atoms with E-state index in [2.05, 4.69) is 40.2 Å². The lowest BCUT2D eigenvalue weighted by Crippen LogP contribution is -2.46. The van der Waals surface area contributed by atoms with Crippen LogP contribution >= 0.6 is 11.8 Å². The molecule has 28 heavy (non-hydrogen) atoms. The van der Waals surface area contributed by atoms with Crippen molar-refractivity contribution in [2.45, 2.75) is 12.7 Å². The normalized spacial score (nSPS) is 14.5. The van der Waals surface area contributed by atoms with E-state index >= 15 is 0 Å². The standard InChI is InChI=1S/C22H26N4OS/c1-2-25-11-13-26(14-12-25)21-9-7-20(8-10-21)24-22(27)17-28-16-19-5-3-18(15-23)4-6-19/h3-10H,2,11-14,16-17H2,1H3,(H,24,27). The summed E-state index contributed by atoms with van der Waals surface area (Å²) < 4.78 is 0. The topological polar surface area (TPSA) is 59.4 Å². The predicted molar refractivity (Wildman–Crippen MR) is 117 cm³/mol. The van der Waals surface area contributed by atoms with Gasteiger partial charge in [0.1, 0.15) is 0 Å². The van der Waals surface area contributed by atoms with Gasteiger partial charge in [0.25, 0.3) is 0 Å². The van der Waals surface area contributed by atoms with E-state index in [1.54, 1.807) is 23.9 Å². The molecule has 1 aliphatic heterocycles. The molecule has 5 nitrogen and oxygen atoms in total. The fourth-order valence-corrected chi connectivity index (χ4v) is 4.00. The third-order valence-corrected chi connectivity index (χ3v) is 5.92. The van der Waals surface area contributed by atoms with Crippen LogP contribution in [0.15, 0.2) is 48.5 Å². The number of nitrogens with zero attached hydrogens (tertiary/aromatic N) is 3. The van der Waals surface area contributed by atoms with E-state index in [0.29, 0.717) is 11.3 Å². The van der Waals surface area contributed by atoms with Gasteiger partial charge >= 0.3 is 0 Å². The van der Waals surface area contributed by atoms with Crippen molar-refractivity contribution in [1.82, 2.24) is 4.90 Å². The summed E-state index contributed by atoms with van der Waals surface area (Å²) in [5, 5.41) is 11.8. The molecule has 1 saturated heterocycles. The first kappa shape index (κ1) is 20.2. The number of amides is 1. The maximum absolute atomic E-state index is 12.2. The van der Waals surface area contributed by atoms with Gasteiger partial charge in [0, 0.05) is 43.3 Å².